The lowest BCUT2D eigenvalue weighted by atomic mass is 10.1. The van der Waals surface area contributed by atoms with Crippen LogP contribution in [0.15, 0.2) is 33.7 Å². The van der Waals surface area contributed by atoms with E-state index in [2.05, 4.69) is 39.0 Å². The van der Waals surface area contributed by atoms with E-state index in [0.29, 0.717) is 5.89 Å². The van der Waals surface area contributed by atoms with Crippen LogP contribution in [0, 0.1) is 0 Å². The maximum absolute atomic E-state index is 13.3. The molecule has 8 heteroatoms. The number of aryl methyl sites for hydroxylation is 1. The number of carbonyl (C=O) groups is 1. The molecular weight excluding hydrogens is 386 g/mol. The second-order valence-electron chi connectivity index (χ2n) is 7.63. The van der Waals surface area contributed by atoms with Crippen LogP contribution in [0.25, 0.3) is 0 Å². The Morgan fingerprint density at radius 3 is 2.59 bits per heavy atom. The van der Waals surface area contributed by atoms with E-state index in [1.54, 1.807) is 0 Å². The number of rotatable bonds is 5. The van der Waals surface area contributed by atoms with E-state index < -0.39 is 0 Å². The van der Waals surface area contributed by atoms with Gasteiger partial charge in [-0.3, -0.25) is 14.6 Å². The van der Waals surface area contributed by atoms with Gasteiger partial charge in [0.25, 0.3) is 0 Å². The molecule has 7 nitrogen and oxygen atoms in total. The predicted molar refractivity (Wildman–Crippen MR) is 114 cm³/mol. The lowest BCUT2D eigenvalue weighted by molar-refractivity contribution is -0.124. The van der Waals surface area contributed by atoms with Crippen molar-refractivity contribution in [2.24, 2.45) is 0 Å². The van der Waals surface area contributed by atoms with Crippen molar-refractivity contribution < 1.29 is 9.32 Å². The van der Waals surface area contributed by atoms with Crippen LogP contribution < -0.4 is 4.90 Å². The van der Waals surface area contributed by atoms with Crippen LogP contribution >= 0.6 is 11.8 Å². The summed E-state index contributed by atoms with van der Waals surface area (Å²) in [4.78, 5) is 25.5. The number of anilines is 1. The second-order valence-corrected chi connectivity index (χ2v) is 8.77. The average molecular weight is 416 g/mol. The molecule has 2 atom stereocenters. The molecule has 0 N–H and O–H groups in total. The highest BCUT2D eigenvalue weighted by atomic mass is 32.2. The number of hydrogen-bond donors (Lipinski definition) is 0. The minimum absolute atomic E-state index is 0.0990. The first-order valence-corrected chi connectivity index (χ1v) is 11.4. The maximum Gasteiger partial charge on any atom is 0.244 e. The van der Waals surface area contributed by atoms with Gasteiger partial charge in [-0.25, -0.2) is 0 Å². The molecule has 0 spiro atoms. The Morgan fingerprint density at radius 2 is 1.86 bits per heavy atom. The molecule has 2 aromatic rings. The summed E-state index contributed by atoms with van der Waals surface area (Å²) in [5.74, 6) is 2.58. The van der Waals surface area contributed by atoms with E-state index in [1.807, 2.05) is 42.6 Å². The number of amides is 1. The van der Waals surface area contributed by atoms with Crippen LogP contribution in [0.1, 0.15) is 38.5 Å². The van der Waals surface area contributed by atoms with Gasteiger partial charge in [-0.05, 0) is 26.0 Å². The highest BCUT2D eigenvalue weighted by molar-refractivity contribution is 7.99. The Kier molecular flexibility index (Phi) is 6.22. The van der Waals surface area contributed by atoms with Crippen LogP contribution in [-0.4, -0.2) is 70.4 Å². The average Bonchev–Trinajstić information content (AvgIpc) is 3.26. The van der Waals surface area contributed by atoms with E-state index in [-0.39, 0.29) is 18.0 Å². The van der Waals surface area contributed by atoms with Gasteiger partial charge >= 0.3 is 0 Å². The quantitative estimate of drug-likeness (QED) is 0.744. The van der Waals surface area contributed by atoms with Crippen molar-refractivity contribution in [3.63, 3.8) is 0 Å². The fraction of sp³-hybridized carbons (Fsp3) is 0.571. The number of aromatic nitrogens is 2. The first kappa shape index (κ1) is 20.4. The number of hydrogen-bond acceptors (Lipinski definition) is 7. The maximum atomic E-state index is 13.3. The summed E-state index contributed by atoms with van der Waals surface area (Å²) in [6, 6.07) is 8.18. The molecule has 1 amide bonds. The van der Waals surface area contributed by atoms with Crippen molar-refractivity contribution in [3.8, 4) is 0 Å². The lowest BCUT2D eigenvalue weighted by Gasteiger charge is -2.41. The van der Waals surface area contributed by atoms with Gasteiger partial charge in [0.15, 0.2) is 5.82 Å². The molecule has 1 saturated heterocycles. The Labute approximate surface area is 176 Å². The van der Waals surface area contributed by atoms with Gasteiger partial charge in [-0.15, -0.1) is 11.8 Å². The smallest absolute Gasteiger partial charge is 0.244 e. The fourth-order valence-corrected chi connectivity index (χ4v) is 5.02. The van der Waals surface area contributed by atoms with Crippen LogP contribution in [-0.2, 0) is 11.2 Å². The number of thioether (sulfide) groups is 1. The first-order valence-electron chi connectivity index (χ1n) is 10.4. The molecule has 3 heterocycles. The third kappa shape index (κ3) is 4.20. The van der Waals surface area contributed by atoms with E-state index in [0.717, 1.165) is 56.4 Å². The van der Waals surface area contributed by atoms with Crippen molar-refractivity contribution in [2.45, 2.75) is 44.2 Å². The topological polar surface area (TPSA) is 65.7 Å². The van der Waals surface area contributed by atoms with Gasteiger partial charge in [0.2, 0.25) is 11.8 Å². The largest absolute Gasteiger partial charge is 0.338 e. The van der Waals surface area contributed by atoms with Crippen LogP contribution in [0.2, 0.25) is 0 Å². The zero-order chi connectivity index (χ0) is 20.4. The van der Waals surface area contributed by atoms with Crippen molar-refractivity contribution in [3.05, 3.63) is 36.0 Å². The van der Waals surface area contributed by atoms with E-state index in [1.165, 1.54) is 4.90 Å². The standard InChI is InChI=1S/C21H29N5O2S/c1-4-19-22-20(28-23-19)15(2)24-9-11-25(12-10-24)16(3)21(27)26-13-14-29-18-8-6-5-7-17(18)26/h5-8,15-16H,4,9-14H2,1-3H3. The highest BCUT2D eigenvalue weighted by Gasteiger charge is 2.33. The van der Waals surface area contributed by atoms with Crippen molar-refractivity contribution in [1.82, 2.24) is 19.9 Å². The van der Waals surface area contributed by atoms with Gasteiger partial charge < -0.3 is 9.42 Å². The summed E-state index contributed by atoms with van der Waals surface area (Å²) < 4.78 is 5.42. The minimum Gasteiger partial charge on any atom is -0.338 e. The zero-order valence-corrected chi connectivity index (χ0v) is 18.2. The third-order valence-electron chi connectivity index (χ3n) is 5.95. The summed E-state index contributed by atoms with van der Waals surface area (Å²) in [7, 11) is 0. The van der Waals surface area contributed by atoms with Gasteiger partial charge in [0, 0.05) is 49.8 Å². The molecule has 2 aliphatic rings. The molecule has 0 radical (unpaired) electrons. The molecule has 4 rings (SSSR count). The summed E-state index contributed by atoms with van der Waals surface area (Å²) in [6.07, 6.45) is 0.780. The molecule has 1 aromatic heterocycles. The Hall–Kier alpha value is -1.90. The van der Waals surface area contributed by atoms with Crippen molar-refractivity contribution in [2.75, 3.05) is 43.4 Å². The Bertz CT molecular complexity index is 849. The molecule has 2 aliphatic heterocycles. The van der Waals surface area contributed by atoms with Gasteiger partial charge in [-0.1, -0.05) is 24.2 Å². The second kappa shape index (κ2) is 8.85. The summed E-state index contributed by atoms with van der Waals surface area (Å²) in [6.45, 7) is 10.4. The monoisotopic (exact) mass is 415 g/mol. The zero-order valence-electron chi connectivity index (χ0n) is 17.4. The lowest BCUT2D eigenvalue weighted by Crippen LogP contribution is -2.55. The predicted octanol–water partition coefficient (Wildman–Crippen LogP) is 2.84. The van der Waals surface area contributed by atoms with E-state index >= 15 is 0 Å². The molecule has 0 bridgehead atoms. The van der Waals surface area contributed by atoms with E-state index in [9.17, 15) is 4.79 Å². The van der Waals surface area contributed by atoms with Gasteiger partial charge in [0.1, 0.15) is 0 Å². The molecular formula is C21H29N5O2S. The van der Waals surface area contributed by atoms with Crippen molar-refractivity contribution >= 4 is 23.4 Å². The molecule has 1 aromatic carbocycles. The summed E-state index contributed by atoms with van der Waals surface area (Å²) in [5.41, 5.74) is 1.05. The van der Waals surface area contributed by atoms with Gasteiger partial charge in [-0.2, -0.15) is 4.98 Å². The summed E-state index contributed by atoms with van der Waals surface area (Å²) >= 11 is 1.83. The normalized spacial score (nSPS) is 20.3. The molecule has 29 heavy (non-hydrogen) atoms. The van der Waals surface area contributed by atoms with Crippen LogP contribution in [0.3, 0.4) is 0 Å². The molecule has 0 saturated carbocycles. The fourth-order valence-electron chi connectivity index (χ4n) is 4.03. The van der Waals surface area contributed by atoms with E-state index in [4.69, 9.17) is 4.52 Å². The Morgan fingerprint density at radius 1 is 1.14 bits per heavy atom. The molecule has 2 unspecified atom stereocenters. The first-order chi connectivity index (χ1) is 14.1. The number of carbonyl (C=O) groups excluding carboxylic acids is 1. The van der Waals surface area contributed by atoms with Crippen LogP contribution in [0.4, 0.5) is 5.69 Å². The number of piperazine rings is 1. The highest BCUT2D eigenvalue weighted by Crippen LogP contribution is 2.35. The molecule has 156 valence electrons. The molecule has 0 aliphatic carbocycles. The van der Waals surface area contributed by atoms with Gasteiger partial charge in [0.05, 0.1) is 17.8 Å². The third-order valence-corrected chi connectivity index (χ3v) is 7.00. The Balaban J connectivity index is 1.36. The number of para-hydroxylation sites is 1. The van der Waals surface area contributed by atoms with Crippen molar-refractivity contribution in [1.29, 1.82) is 0 Å². The number of fused-ring (bicyclic) bond motifs is 1. The SMILES string of the molecule is CCc1noc(C(C)N2CCN(C(C)C(=O)N3CCSc4ccccc43)CC2)n1. The number of nitrogens with zero attached hydrogens (tertiary/aromatic N) is 5. The molecule has 1 fully saturated rings. The number of benzene rings is 1. The minimum atomic E-state index is -0.126. The summed E-state index contributed by atoms with van der Waals surface area (Å²) in [5, 5.41) is 4.01. The van der Waals surface area contributed by atoms with Crippen LogP contribution in [0.5, 0.6) is 0 Å².